The highest BCUT2D eigenvalue weighted by molar-refractivity contribution is 5.91. The van der Waals surface area contributed by atoms with Gasteiger partial charge in [0.15, 0.2) is 0 Å². The summed E-state index contributed by atoms with van der Waals surface area (Å²) < 4.78 is 45.3. The fourth-order valence-electron chi connectivity index (χ4n) is 2.19. The molecule has 0 bridgehead atoms. The molecule has 0 atom stereocenters. The van der Waals surface area contributed by atoms with E-state index in [0.717, 1.165) is 18.6 Å². The molecule has 0 saturated heterocycles. The molecule has 0 unspecified atom stereocenters. The van der Waals surface area contributed by atoms with Gasteiger partial charge in [-0.3, -0.25) is 0 Å². The molecule has 26 heavy (non-hydrogen) atoms. The Labute approximate surface area is 148 Å². The fourth-order valence-corrected chi connectivity index (χ4v) is 2.19. The van der Waals surface area contributed by atoms with Crippen LogP contribution >= 0.6 is 0 Å². The summed E-state index contributed by atoms with van der Waals surface area (Å²) in [5, 5.41) is 8.94. The molecule has 1 aromatic carbocycles. The number of hydrogen-bond acceptors (Lipinski definition) is 4. The highest BCUT2D eigenvalue weighted by Gasteiger charge is 2.31. The van der Waals surface area contributed by atoms with Crippen molar-refractivity contribution in [1.82, 2.24) is 20.1 Å². The van der Waals surface area contributed by atoms with Gasteiger partial charge in [0.25, 0.3) is 0 Å². The molecule has 0 fully saturated rings. The zero-order valence-electron chi connectivity index (χ0n) is 14.2. The molecule has 7 nitrogen and oxygen atoms in total. The van der Waals surface area contributed by atoms with Crippen LogP contribution in [0.2, 0.25) is 0 Å². The summed E-state index contributed by atoms with van der Waals surface area (Å²) >= 11 is 0. The summed E-state index contributed by atoms with van der Waals surface area (Å²) in [5.41, 5.74) is -0.604. The Morgan fingerprint density at radius 3 is 2.77 bits per heavy atom. The van der Waals surface area contributed by atoms with Gasteiger partial charge in [0.2, 0.25) is 0 Å². The predicted octanol–water partition coefficient (Wildman–Crippen LogP) is 3.22. The van der Waals surface area contributed by atoms with E-state index < -0.39 is 17.8 Å². The van der Waals surface area contributed by atoms with Crippen LogP contribution in [-0.2, 0) is 10.9 Å². The first-order valence-corrected chi connectivity index (χ1v) is 8.10. The van der Waals surface area contributed by atoms with E-state index >= 15 is 0 Å². The maximum absolute atomic E-state index is 13.0. The molecule has 0 saturated carbocycles. The lowest BCUT2D eigenvalue weighted by atomic mass is 10.1. The number of urea groups is 1. The normalized spacial score (nSPS) is 11.4. The zero-order valence-corrected chi connectivity index (χ0v) is 14.2. The SMILES string of the molecule is CCOCCCCNC(=O)Nc1cc(C(F)(F)F)ccc1-n1cncn1. The van der Waals surface area contributed by atoms with Crippen LogP contribution < -0.4 is 10.6 Å². The Bertz CT molecular complexity index is 704. The van der Waals surface area contributed by atoms with Crippen molar-refractivity contribution in [2.75, 3.05) is 25.1 Å². The lowest BCUT2D eigenvalue weighted by Crippen LogP contribution is -2.30. The Kier molecular flexibility index (Phi) is 6.96. The van der Waals surface area contributed by atoms with Crippen molar-refractivity contribution in [2.24, 2.45) is 0 Å². The maximum Gasteiger partial charge on any atom is 0.416 e. The Balaban J connectivity index is 2.04. The van der Waals surface area contributed by atoms with E-state index in [1.807, 2.05) is 6.92 Å². The minimum Gasteiger partial charge on any atom is -0.382 e. The summed E-state index contributed by atoms with van der Waals surface area (Å²) in [6, 6.07) is 2.43. The van der Waals surface area contributed by atoms with Crippen molar-refractivity contribution in [3.8, 4) is 5.69 Å². The minimum atomic E-state index is -4.52. The predicted molar refractivity (Wildman–Crippen MR) is 89.1 cm³/mol. The van der Waals surface area contributed by atoms with Crippen LogP contribution in [0.4, 0.5) is 23.7 Å². The topological polar surface area (TPSA) is 81.1 Å². The van der Waals surface area contributed by atoms with Crippen molar-refractivity contribution >= 4 is 11.7 Å². The van der Waals surface area contributed by atoms with Crippen LogP contribution in [0.25, 0.3) is 5.69 Å². The third-order valence-electron chi connectivity index (χ3n) is 3.44. The van der Waals surface area contributed by atoms with Gasteiger partial charge in [0, 0.05) is 19.8 Å². The van der Waals surface area contributed by atoms with Gasteiger partial charge in [0.05, 0.1) is 16.9 Å². The Morgan fingerprint density at radius 1 is 1.31 bits per heavy atom. The average Bonchev–Trinajstić information content (AvgIpc) is 3.11. The van der Waals surface area contributed by atoms with E-state index in [-0.39, 0.29) is 11.4 Å². The van der Waals surface area contributed by atoms with Gasteiger partial charge in [0.1, 0.15) is 12.7 Å². The fraction of sp³-hybridized carbons (Fsp3) is 0.438. The largest absolute Gasteiger partial charge is 0.416 e. The molecular formula is C16H20F3N5O2. The van der Waals surface area contributed by atoms with Gasteiger partial charge in [-0.1, -0.05) is 0 Å². The third-order valence-corrected chi connectivity index (χ3v) is 3.44. The lowest BCUT2D eigenvalue weighted by molar-refractivity contribution is -0.137. The number of hydrogen-bond donors (Lipinski definition) is 2. The summed E-state index contributed by atoms with van der Waals surface area (Å²) in [6.07, 6.45) is -0.458. The van der Waals surface area contributed by atoms with Crippen LogP contribution in [0.5, 0.6) is 0 Å². The van der Waals surface area contributed by atoms with E-state index in [9.17, 15) is 18.0 Å². The van der Waals surface area contributed by atoms with Crippen molar-refractivity contribution in [3.05, 3.63) is 36.4 Å². The number of halogens is 3. The number of aromatic nitrogens is 3. The summed E-state index contributed by atoms with van der Waals surface area (Å²) in [4.78, 5) is 15.8. The average molecular weight is 371 g/mol. The molecule has 2 rings (SSSR count). The summed E-state index contributed by atoms with van der Waals surface area (Å²) in [6.45, 7) is 3.52. The second kappa shape index (κ2) is 9.18. The smallest absolute Gasteiger partial charge is 0.382 e. The molecular weight excluding hydrogens is 351 g/mol. The second-order valence-electron chi connectivity index (χ2n) is 5.35. The number of benzene rings is 1. The molecule has 0 aliphatic heterocycles. The molecule has 0 aliphatic carbocycles. The molecule has 2 N–H and O–H groups in total. The zero-order chi connectivity index (χ0) is 19.0. The number of nitrogens with one attached hydrogen (secondary N) is 2. The van der Waals surface area contributed by atoms with E-state index in [1.54, 1.807) is 0 Å². The van der Waals surface area contributed by atoms with Crippen molar-refractivity contribution in [2.45, 2.75) is 25.9 Å². The van der Waals surface area contributed by atoms with E-state index in [1.165, 1.54) is 23.4 Å². The summed E-state index contributed by atoms with van der Waals surface area (Å²) in [5.74, 6) is 0. The van der Waals surface area contributed by atoms with Gasteiger partial charge >= 0.3 is 12.2 Å². The Morgan fingerprint density at radius 2 is 2.12 bits per heavy atom. The highest BCUT2D eigenvalue weighted by Crippen LogP contribution is 2.33. The standard InChI is InChI=1S/C16H20F3N5O2/c1-2-26-8-4-3-7-21-15(25)23-13-9-12(16(17,18)19)5-6-14(13)24-11-20-10-22-24/h5-6,9-11H,2-4,7-8H2,1H3,(H2,21,23,25). The number of nitrogens with zero attached hydrogens (tertiary/aromatic N) is 3. The molecule has 142 valence electrons. The van der Waals surface area contributed by atoms with Crippen LogP contribution in [0.3, 0.4) is 0 Å². The number of ether oxygens (including phenoxy) is 1. The molecule has 1 heterocycles. The van der Waals surface area contributed by atoms with Gasteiger partial charge in [-0.25, -0.2) is 14.5 Å². The molecule has 0 radical (unpaired) electrons. The van der Waals surface area contributed by atoms with E-state index in [0.29, 0.717) is 26.2 Å². The van der Waals surface area contributed by atoms with Crippen LogP contribution in [0.1, 0.15) is 25.3 Å². The number of anilines is 1. The molecule has 0 spiro atoms. The van der Waals surface area contributed by atoms with Crippen molar-refractivity contribution < 1.29 is 22.7 Å². The second-order valence-corrected chi connectivity index (χ2v) is 5.35. The summed E-state index contributed by atoms with van der Waals surface area (Å²) in [7, 11) is 0. The first-order chi connectivity index (χ1) is 12.4. The number of amides is 2. The molecule has 2 amide bonds. The third kappa shape index (κ3) is 5.73. The van der Waals surface area contributed by atoms with Crippen molar-refractivity contribution in [1.29, 1.82) is 0 Å². The molecule has 0 aliphatic rings. The number of alkyl halides is 3. The first-order valence-electron chi connectivity index (χ1n) is 8.10. The highest BCUT2D eigenvalue weighted by atomic mass is 19.4. The van der Waals surface area contributed by atoms with Gasteiger partial charge in [-0.05, 0) is 38.0 Å². The van der Waals surface area contributed by atoms with Gasteiger partial charge in [-0.2, -0.15) is 18.3 Å². The number of carbonyl (C=O) groups excluding carboxylic acids is 1. The Hall–Kier alpha value is -2.62. The molecule has 2 aromatic rings. The van der Waals surface area contributed by atoms with Crippen LogP contribution in [-0.4, -0.2) is 40.6 Å². The first kappa shape index (κ1) is 19.7. The van der Waals surface area contributed by atoms with Crippen molar-refractivity contribution in [3.63, 3.8) is 0 Å². The van der Waals surface area contributed by atoms with E-state index in [2.05, 4.69) is 20.7 Å². The number of rotatable bonds is 8. The van der Waals surface area contributed by atoms with Gasteiger partial charge in [-0.15, -0.1) is 0 Å². The van der Waals surface area contributed by atoms with Crippen LogP contribution in [0.15, 0.2) is 30.9 Å². The van der Waals surface area contributed by atoms with Gasteiger partial charge < -0.3 is 15.4 Å². The quantitative estimate of drug-likeness (QED) is 0.698. The van der Waals surface area contributed by atoms with Crippen LogP contribution in [0, 0.1) is 0 Å². The monoisotopic (exact) mass is 371 g/mol. The molecule has 10 heteroatoms. The number of unbranched alkanes of at least 4 members (excludes halogenated alkanes) is 1. The van der Waals surface area contributed by atoms with E-state index in [4.69, 9.17) is 4.74 Å². The molecule has 1 aromatic heterocycles. The lowest BCUT2D eigenvalue weighted by Gasteiger charge is -2.15. The number of carbonyl (C=O) groups is 1. The minimum absolute atomic E-state index is 0.0165. The maximum atomic E-state index is 13.0.